The van der Waals surface area contributed by atoms with Crippen LogP contribution in [-0.2, 0) is 6.42 Å². The van der Waals surface area contributed by atoms with Gasteiger partial charge in [0.15, 0.2) is 0 Å². The molecule has 90 valence electrons. The van der Waals surface area contributed by atoms with Crippen molar-refractivity contribution in [2.24, 2.45) is 5.73 Å². The van der Waals surface area contributed by atoms with E-state index in [1.807, 2.05) is 18.2 Å². The molecule has 2 nitrogen and oxygen atoms in total. The number of rotatable bonds is 8. The summed E-state index contributed by atoms with van der Waals surface area (Å²) in [4.78, 5) is 0. The van der Waals surface area contributed by atoms with Gasteiger partial charge in [-0.05, 0) is 31.4 Å². The summed E-state index contributed by atoms with van der Waals surface area (Å²) in [6.45, 7) is 5.80. The largest absolute Gasteiger partial charge is 0.464 e. The maximum Gasteiger partial charge on any atom is 0.120 e. The van der Waals surface area contributed by atoms with E-state index in [2.05, 4.69) is 13.5 Å². The minimum Gasteiger partial charge on any atom is -0.464 e. The van der Waals surface area contributed by atoms with Crippen molar-refractivity contribution in [3.63, 3.8) is 0 Å². The van der Waals surface area contributed by atoms with Crippen LogP contribution in [0.4, 0.5) is 0 Å². The lowest BCUT2D eigenvalue weighted by Gasteiger charge is -2.08. The number of hydrogen-bond donors (Lipinski definition) is 1. The van der Waals surface area contributed by atoms with Gasteiger partial charge in [0.05, 0.1) is 6.04 Å². The number of allylic oxidation sites excluding steroid dienone is 1. The SMILES string of the molecule is C=CCCCCCC(N)c1ccc(CC)o1. The third-order valence-electron chi connectivity index (χ3n) is 2.82. The fraction of sp³-hybridized carbons (Fsp3) is 0.571. The molecule has 0 saturated carbocycles. The third-order valence-corrected chi connectivity index (χ3v) is 2.82. The molecule has 1 heterocycles. The van der Waals surface area contributed by atoms with Crippen molar-refractivity contribution < 1.29 is 4.42 Å². The first-order chi connectivity index (χ1) is 7.77. The number of furan rings is 1. The van der Waals surface area contributed by atoms with E-state index in [-0.39, 0.29) is 6.04 Å². The predicted octanol–water partition coefficient (Wildman–Crippen LogP) is 3.98. The maximum atomic E-state index is 6.06. The Labute approximate surface area is 98.5 Å². The van der Waals surface area contributed by atoms with E-state index in [1.54, 1.807) is 0 Å². The first kappa shape index (κ1) is 13.0. The minimum atomic E-state index is 0.0593. The van der Waals surface area contributed by atoms with Crippen molar-refractivity contribution in [3.8, 4) is 0 Å². The molecule has 0 fully saturated rings. The smallest absolute Gasteiger partial charge is 0.120 e. The molecule has 1 aromatic rings. The maximum absolute atomic E-state index is 6.06. The Morgan fingerprint density at radius 1 is 1.38 bits per heavy atom. The van der Waals surface area contributed by atoms with Gasteiger partial charge in [0.1, 0.15) is 11.5 Å². The fourth-order valence-electron chi connectivity index (χ4n) is 1.76. The van der Waals surface area contributed by atoms with Gasteiger partial charge in [0.25, 0.3) is 0 Å². The third kappa shape index (κ3) is 4.23. The molecule has 0 radical (unpaired) electrons. The molecule has 2 N–H and O–H groups in total. The Morgan fingerprint density at radius 3 is 2.81 bits per heavy atom. The van der Waals surface area contributed by atoms with E-state index in [0.717, 1.165) is 37.2 Å². The summed E-state index contributed by atoms with van der Waals surface area (Å²) >= 11 is 0. The molecular weight excluding hydrogens is 198 g/mol. The Morgan fingerprint density at radius 2 is 2.19 bits per heavy atom. The van der Waals surface area contributed by atoms with Gasteiger partial charge in [-0.25, -0.2) is 0 Å². The molecule has 0 bridgehead atoms. The Bertz CT molecular complexity index is 303. The minimum absolute atomic E-state index is 0.0593. The summed E-state index contributed by atoms with van der Waals surface area (Å²) in [5, 5.41) is 0. The number of unbranched alkanes of at least 4 members (excludes halogenated alkanes) is 3. The van der Waals surface area contributed by atoms with Gasteiger partial charge < -0.3 is 10.2 Å². The molecule has 0 aliphatic carbocycles. The highest BCUT2D eigenvalue weighted by molar-refractivity contribution is 5.10. The molecule has 0 saturated heterocycles. The van der Waals surface area contributed by atoms with Crippen LogP contribution in [0.15, 0.2) is 29.2 Å². The summed E-state index contributed by atoms with van der Waals surface area (Å²) in [6.07, 6.45) is 8.63. The second-order valence-corrected chi connectivity index (χ2v) is 4.19. The molecule has 1 aromatic heterocycles. The van der Waals surface area contributed by atoms with Gasteiger partial charge in [-0.1, -0.05) is 25.8 Å². The zero-order valence-electron chi connectivity index (χ0n) is 10.2. The lowest BCUT2D eigenvalue weighted by atomic mass is 10.1. The molecule has 0 aromatic carbocycles. The standard InChI is InChI=1S/C14H23NO/c1-3-5-6-7-8-9-13(15)14-11-10-12(4-2)16-14/h3,10-11,13H,1,4-9,15H2,2H3. The van der Waals surface area contributed by atoms with Crippen LogP contribution < -0.4 is 5.73 Å². The number of nitrogens with two attached hydrogens (primary N) is 1. The van der Waals surface area contributed by atoms with Gasteiger partial charge >= 0.3 is 0 Å². The summed E-state index contributed by atoms with van der Waals surface area (Å²) < 4.78 is 5.63. The topological polar surface area (TPSA) is 39.2 Å². The van der Waals surface area contributed by atoms with Gasteiger partial charge in [-0.2, -0.15) is 0 Å². The van der Waals surface area contributed by atoms with Crippen LogP contribution in [0.1, 0.15) is 56.6 Å². The number of aryl methyl sites for hydroxylation is 1. The molecule has 2 heteroatoms. The zero-order valence-corrected chi connectivity index (χ0v) is 10.2. The second kappa shape index (κ2) is 7.29. The van der Waals surface area contributed by atoms with E-state index in [1.165, 1.54) is 12.8 Å². The Balaban J connectivity index is 2.23. The summed E-state index contributed by atoms with van der Waals surface area (Å²) in [6, 6.07) is 4.09. The highest BCUT2D eigenvalue weighted by Crippen LogP contribution is 2.20. The van der Waals surface area contributed by atoms with Crippen LogP contribution in [0.2, 0.25) is 0 Å². The average molecular weight is 221 g/mol. The molecule has 0 aliphatic rings. The summed E-state index contributed by atoms with van der Waals surface area (Å²) in [5.41, 5.74) is 6.06. The number of hydrogen-bond acceptors (Lipinski definition) is 2. The first-order valence-corrected chi connectivity index (χ1v) is 6.23. The fourth-order valence-corrected chi connectivity index (χ4v) is 1.76. The summed E-state index contributed by atoms with van der Waals surface area (Å²) in [7, 11) is 0. The highest BCUT2D eigenvalue weighted by Gasteiger charge is 2.09. The van der Waals surface area contributed by atoms with E-state index < -0.39 is 0 Å². The zero-order chi connectivity index (χ0) is 11.8. The van der Waals surface area contributed by atoms with E-state index in [0.29, 0.717) is 0 Å². The Hall–Kier alpha value is -1.02. The van der Waals surface area contributed by atoms with Crippen LogP contribution in [0.5, 0.6) is 0 Å². The van der Waals surface area contributed by atoms with Crippen molar-refractivity contribution in [1.82, 2.24) is 0 Å². The quantitative estimate of drug-likeness (QED) is 0.532. The molecule has 0 aliphatic heterocycles. The van der Waals surface area contributed by atoms with Gasteiger partial charge in [0, 0.05) is 6.42 Å². The van der Waals surface area contributed by atoms with Crippen LogP contribution >= 0.6 is 0 Å². The molecule has 0 spiro atoms. The van der Waals surface area contributed by atoms with Crippen molar-refractivity contribution >= 4 is 0 Å². The molecule has 1 rings (SSSR count). The van der Waals surface area contributed by atoms with Crippen LogP contribution in [-0.4, -0.2) is 0 Å². The highest BCUT2D eigenvalue weighted by atomic mass is 16.3. The predicted molar refractivity (Wildman–Crippen MR) is 68.3 cm³/mol. The van der Waals surface area contributed by atoms with E-state index >= 15 is 0 Å². The van der Waals surface area contributed by atoms with Crippen LogP contribution in [0, 0.1) is 0 Å². The van der Waals surface area contributed by atoms with Gasteiger partial charge in [0.2, 0.25) is 0 Å². The lowest BCUT2D eigenvalue weighted by Crippen LogP contribution is -2.08. The van der Waals surface area contributed by atoms with Crippen molar-refractivity contribution in [2.75, 3.05) is 0 Å². The van der Waals surface area contributed by atoms with Crippen molar-refractivity contribution in [2.45, 2.75) is 51.5 Å². The van der Waals surface area contributed by atoms with E-state index in [9.17, 15) is 0 Å². The van der Waals surface area contributed by atoms with Crippen LogP contribution in [0.3, 0.4) is 0 Å². The average Bonchev–Trinajstić information content (AvgIpc) is 2.77. The lowest BCUT2D eigenvalue weighted by molar-refractivity contribution is 0.417. The molecule has 1 unspecified atom stereocenters. The van der Waals surface area contributed by atoms with Gasteiger partial charge in [-0.3, -0.25) is 0 Å². The van der Waals surface area contributed by atoms with Gasteiger partial charge in [-0.15, -0.1) is 6.58 Å². The molecule has 1 atom stereocenters. The molecular formula is C14H23NO. The van der Waals surface area contributed by atoms with E-state index in [4.69, 9.17) is 10.2 Å². The molecule has 16 heavy (non-hydrogen) atoms. The molecule has 0 amide bonds. The van der Waals surface area contributed by atoms with Crippen molar-refractivity contribution in [3.05, 3.63) is 36.3 Å². The van der Waals surface area contributed by atoms with Crippen LogP contribution in [0.25, 0.3) is 0 Å². The second-order valence-electron chi connectivity index (χ2n) is 4.19. The first-order valence-electron chi connectivity index (χ1n) is 6.23. The summed E-state index contributed by atoms with van der Waals surface area (Å²) in [5.74, 6) is 1.96. The van der Waals surface area contributed by atoms with Crippen molar-refractivity contribution in [1.29, 1.82) is 0 Å². The Kier molecular flexibility index (Phi) is 5.94. The normalized spacial score (nSPS) is 12.6. The monoisotopic (exact) mass is 221 g/mol.